The Morgan fingerprint density at radius 2 is 2.06 bits per heavy atom. The summed E-state index contributed by atoms with van der Waals surface area (Å²) < 4.78 is 29.0. The zero-order chi connectivity index (χ0) is 12.8. The molecule has 0 heterocycles. The number of carbonyl (C=O) groups is 1. The predicted molar refractivity (Wildman–Crippen MR) is 56.1 cm³/mol. The molecule has 8 heteroatoms. The van der Waals surface area contributed by atoms with Gasteiger partial charge < -0.3 is 14.9 Å². The molecule has 0 aromatic heterocycles. The highest BCUT2D eigenvalue weighted by atomic mass is 32.2. The highest BCUT2D eigenvalue weighted by Crippen LogP contribution is 2.00. The van der Waals surface area contributed by atoms with Crippen LogP contribution in [0.3, 0.4) is 0 Å². The van der Waals surface area contributed by atoms with E-state index < -0.39 is 34.0 Å². The Labute approximate surface area is 94.5 Å². The van der Waals surface area contributed by atoms with E-state index in [4.69, 9.17) is 5.11 Å². The maximum Gasteiger partial charge on any atom is 0.306 e. The van der Waals surface area contributed by atoms with Gasteiger partial charge in [0.2, 0.25) is 10.0 Å². The molecule has 1 atom stereocenters. The largest absolute Gasteiger partial charge is 0.469 e. The van der Waals surface area contributed by atoms with Gasteiger partial charge in [-0.15, -0.1) is 0 Å². The van der Waals surface area contributed by atoms with Crippen molar-refractivity contribution in [3.05, 3.63) is 0 Å². The predicted octanol–water partition coefficient (Wildman–Crippen LogP) is -1.79. The van der Waals surface area contributed by atoms with Gasteiger partial charge in [-0.05, 0) is 6.92 Å². The van der Waals surface area contributed by atoms with Crippen molar-refractivity contribution in [3.63, 3.8) is 0 Å². The van der Waals surface area contributed by atoms with E-state index in [-0.39, 0.29) is 13.0 Å². The molecule has 0 aliphatic heterocycles. The Morgan fingerprint density at radius 3 is 2.50 bits per heavy atom. The van der Waals surface area contributed by atoms with Crippen LogP contribution in [0.15, 0.2) is 0 Å². The van der Waals surface area contributed by atoms with Gasteiger partial charge in [0.25, 0.3) is 0 Å². The normalized spacial score (nSPS) is 15.5. The summed E-state index contributed by atoms with van der Waals surface area (Å²) in [5.74, 6) is -1.04. The Bertz CT molecular complexity index is 323. The minimum absolute atomic E-state index is 0.257. The summed E-state index contributed by atoms with van der Waals surface area (Å²) in [6.45, 7) is 0.412. The van der Waals surface area contributed by atoms with Crippen LogP contribution in [0.4, 0.5) is 0 Å². The van der Waals surface area contributed by atoms with Crippen LogP contribution >= 0.6 is 0 Å². The lowest BCUT2D eigenvalue weighted by molar-refractivity contribution is -0.140. The lowest BCUT2D eigenvalue weighted by Crippen LogP contribution is -2.44. The van der Waals surface area contributed by atoms with Gasteiger partial charge in [0.15, 0.2) is 0 Å². The van der Waals surface area contributed by atoms with Crippen molar-refractivity contribution in [1.29, 1.82) is 0 Å². The van der Waals surface area contributed by atoms with Gasteiger partial charge >= 0.3 is 5.97 Å². The third-order valence-electron chi connectivity index (χ3n) is 1.82. The number of nitrogens with one attached hydrogen (secondary N) is 1. The molecule has 0 aromatic rings. The molecule has 1 unspecified atom stereocenters. The summed E-state index contributed by atoms with van der Waals surface area (Å²) in [6, 6.07) is 0. The Kier molecular flexibility index (Phi) is 5.87. The number of aliphatic hydroxyl groups excluding tert-OH is 1. The summed E-state index contributed by atoms with van der Waals surface area (Å²) in [5, 5.41) is 18.0. The Morgan fingerprint density at radius 1 is 1.50 bits per heavy atom. The average Bonchev–Trinajstić information content (AvgIpc) is 2.24. The number of ether oxygens (including phenoxy) is 1. The summed E-state index contributed by atoms with van der Waals surface area (Å²) in [5.41, 5.74) is -1.52. The molecule has 0 rings (SSSR count). The fraction of sp³-hybridized carbons (Fsp3) is 0.875. The lowest BCUT2D eigenvalue weighted by Gasteiger charge is -2.20. The molecule has 0 spiro atoms. The van der Waals surface area contributed by atoms with Gasteiger partial charge in [-0.1, -0.05) is 0 Å². The average molecular weight is 255 g/mol. The molecule has 0 amide bonds. The molecule has 0 fully saturated rings. The van der Waals surface area contributed by atoms with Crippen molar-refractivity contribution in [3.8, 4) is 0 Å². The summed E-state index contributed by atoms with van der Waals surface area (Å²) >= 11 is 0. The number of rotatable bonds is 7. The number of aliphatic hydroxyl groups is 2. The minimum atomic E-state index is -3.65. The zero-order valence-electron chi connectivity index (χ0n) is 9.26. The van der Waals surface area contributed by atoms with E-state index in [1.807, 2.05) is 0 Å². The van der Waals surface area contributed by atoms with Gasteiger partial charge in [-0.25, -0.2) is 13.1 Å². The number of esters is 1. The van der Waals surface area contributed by atoms with Crippen LogP contribution in [0, 0.1) is 0 Å². The first-order valence-electron chi connectivity index (χ1n) is 4.60. The van der Waals surface area contributed by atoms with E-state index >= 15 is 0 Å². The number of hydrogen-bond acceptors (Lipinski definition) is 6. The standard InChI is InChI=1S/C8H17NO6S/c1-8(12,6-10)5-9-16(13,14)4-3-7(11)15-2/h9-10,12H,3-6H2,1-2H3. The third kappa shape index (κ3) is 6.72. The quantitative estimate of drug-likeness (QED) is 0.463. The zero-order valence-corrected chi connectivity index (χ0v) is 10.1. The van der Waals surface area contributed by atoms with Gasteiger partial charge in [0.05, 0.1) is 31.5 Å². The van der Waals surface area contributed by atoms with Crippen molar-refractivity contribution >= 4 is 16.0 Å². The molecular weight excluding hydrogens is 238 g/mol. The van der Waals surface area contributed by atoms with Crippen LogP contribution in [0.25, 0.3) is 0 Å². The molecule has 0 aliphatic carbocycles. The molecule has 3 N–H and O–H groups in total. The van der Waals surface area contributed by atoms with Crippen LogP contribution in [0.2, 0.25) is 0 Å². The van der Waals surface area contributed by atoms with Crippen molar-refractivity contribution in [2.24, 2.45) is 0 Å². The fourth-order valence-electron chi connectivity index (χ4n) is 0.713. The highest BCUT2D eigenvalue weighted by Gasteiger charge is 2.22. The van der Waals surface area contributed by atoms with E-state index in [2.05, 4.69) is 9.46 Å². The first-order chi connectivity index (χ1) is 7.22. The third-order valence-corrected chi connectivity index (χ3v) is 3.14. The van der Waals surface area contributed by atoms with E-state index in [1.165, 1.54) is 14.0 Å². The molecule has 0 aromatic carbocycles. The van der Waals surface area contributed by atoms with Gasteiger partial charge in [0, 0.05) is 6.54 Å². The lowest BCUT2D eigenvalue weighted by atomic mass is 10.1. The first kappa shape index (κ1) is 15.3. The van der Waals surface area contributed by atoms with E-state index in [1.54, 1.807) is 0 Å². The first-order valence-corrected chi connectivity index (χ1v) is 6.25. The molecule has 7 nitrogen and oxygen atoms in total. The monoisotopic (exact) mass is 255 g/mol. The maximum absolute atomic E-state index is 11.3. The molecule has 0 saturated heterocycles. The SMILES string of the molecule is COC(=O)CCS(=O)(=O)NCC(C)(O)CO. The summed E-state index contributed by atoms with van der Waals surface area (Å²) in [4.78, 5) is 10.7. The molecule has 16 heavy (non-hydrogen) atoms. The van der Waals surface area contributed by atoms with Crippen LogP contribution in [0.1, 0.15) is 13.3 Å². The summed E-state index contributed by atoms with van der Waals surface area (Å²) in [7, 11) is -2.49. The second-order valence-electron chi connectivity index (χ2n) is 3.62. The number of hydrogen-bond donors (Lipinski definition) is 3. The van der Waals surface area contributed by atoms with Crippen LogP contribution in [0.5, 0.6) is 0 Å². The molecular formula is C8H17NO6S. The minimum Gasteiger partial charge on any atom is -0.469 e. The van der Waals surface area contributed by atoms with E-state index in [9.17, 15) is 18.3 Å². The van der Waals surface area contributed by atoms with Crippen LogP contribution in [-0.4, -0.2) is 56.2 Å². The van der Waals surface area contributed by atoms with Crippen LogP contribution in [-0.2, 0) is 19.6 Å². The second kappa shape index (κ2) is 6.14. The van der Waals surface area contributed by atoms with Gasteiger partial charge in [-0.3, -0.25) is 4.79 Å². The topological polar surface area (TPSA) is 113 Å². The van der Waals surface area contributed by atoms with Crippen molar-refractivity contribution in [2.45, 2.75) is 18.9 Å². The van der Waals surface area contributed by atoms with Gasteiger partial charge in [-0.2, -0.15) is 0 Å². The van der Waals surface area contributed by atoms with E-state index in [0.29, 0.717) is 0 Å². The number of carbonyl (C=O) groups excluding carboxylic acids is 1. The smallest absolute Gasteiger partial charge is 0.306 e. The van der Waals surface area contributed by atoms with Crippen molar-refractivity contribution in [1.82, 2.24) is 4.72 Å². The van der Waals surface area contributed by atoms with Crippen LogP contribution < -0.4 is 4.72 Å². The van der Waals surface area contributed by atoms with Gasteiger partial charge in [0.1, 0.15) is 0 Å². The van der Waals surface area contributed by atoms with Crippen molar-refractivity contribution in [2.75, 3.05) is 26.0 Å². The molecule has 96 valence electrons. The van der Waals surface area contributed by atoms with E-state index in [0.717, 1.165) is 0 Å². The number of sulfonamides is 1. The molecule has 0 aliphatic rings. The Hall–Kier alpha value is -0.700. The molecule has 0 saturated carbocycles. The molecule has 0 radical (unpaired) electrons. The highest BCUT2D eigenvalue weighted by molar-refractivity contribution is 7.89. The molecule has 0 bridgehead atoms. The maximum atomic E-state index is 11.3. The second-order valence-corrected chi connectivity index (χ2v) is 5.55. The summed E-state index contributed by atoms with van der Waals surface area (Å²) in [6.07, 6.45) is -0.257. The fourth-order valence-corrected chi connectivity index (χ4v) is 1.82. The number of methoxy groups -OCH3 is 1. The Balaban J connectivity index is 4.12. The van der Waals surface area contributed by atoms with Crippen molar-refractivity contribution < 1.29 is 28.2 Å².